The Labute approximate surface area is 155 Å². The van der Waals surface area contributed by atoms with E-state index < -0.39 is 0 Å². The van der Waals surface area contributed by atoms with E-state index >= 15 is 0 Å². The quantitative estimate of drug-likeness (QED) is 0.664. The van der Waals surface area contributed by atoms with E-state index in [1.807, 2.05) is 37.3 Å². The number of amides is 1. The SMILES string of the molecule is COc1ccc(C)cc1NC(=O)CSc1ccc(-c2nc(C)no2)cn1. The molecule has 2 heterocycles. The van der Waals surface area contributed by atoms with Crippen LogP contribution < -0.4 is 10.1 Å². The summed E-state index contributed by atoms with van der Waals surface area (Å²) in [5.74, 6) is 1.74. The number of carbonyl (C=O) groups is 1. The number of carbonyl (C=O) groups excluding carboxylic acids is 1. The molecule has 2 aromatic heterocycles. The van der Waals surface area contributed by atoms with Crippen LogP contribution >= 0.6 is 11.8 Å². The molecule has 0 aliphatic rings. The summed E-state index contributed by atoms with van der Waals surface area (Å²) in [7, 11) is 1.57. The van der Waals surface area contributed by atoms with Crippen LogP contribution in [0.4, 0.5) is 5.69 Å². The van der Waals surface area contributed by atoms with Crippen LogP contribution in [0.5, 0.6) is 5.75 Å². The van der Waals surface area contributed by atoms with Crippen LogP contribution in [0.15, 0.2) is 46.1 Å². The van der Waals surface area contributed by atoms with Crippen LogP contribution in [0.2, 0.25) is 0 Å². The minimum absolute atomic E-state index is 0.127. The molecule has 7 nitrogen and oxygen atoms in total. The fourth-order valence-electron chi connectivity index (χ4n) is 2.25. The number of aromatic nitrogens is 3. The van der Waals surface area contributed by atoms with E-state index in [0.29, 0.717) is 23.2 Å². The number of nitrogens with one attached hydrogen (secondary N) is 1. The molecule has 1 N–H and O–H groups in total. The number of aryl methyl sites for hydroxylation is 2. The predicted molar refractivity (Wildman–Crippen MR) is 99.4 cm³/mol. The lowest BCUT2D eigenvalue weighted by Gasteiger charge is -2.10. The number of nitrogens with zero attached hydrogens (tertiary/aromatic N) is 3. The summed E-state index contributed by atoms with van der Waals surface area (Å²) in [5, 5.41) is 7.35. The maximum Gasteiger partial charge on any atom is 0.259 e. The summed E-state index contributed by atoms with van der Waals surface area (Å²) in [6.07, 6.45) is 1.65. The van der Waals surface area contributed by atoms with Crippen molar-refractivity contribution in [2.24, 2.45) is 0 Å². The van der Waals surface area contributed by atoms with Gasteiger partial charge in [0.25, 0.3) is 5.89 Å². The van der Waals surface area contributed by atoms with E-state index in [4.69, 9.17) is 9.26 Å². The van der Waals surface area contributed by atoms with Crippen molar-refractivity contribution in [3.63, 3.8) is 0 Å². The topological polar surface area (TPSA) is 90.1 Å². The third-order valence-corrected chi connectivity index (χ3v) is 4.43. The van der Waals surface area contributed by atoms with E-state index in [2.05, 4.69) is 20.4 Å². The number of anilines is 1. The minimum atomic E-state index is -0.127. The van der Waals surface area contributed by atoms with Gasteiger partial charge in [0.2, 0.25) is 5.91 Å². The second-order valence-electron chi connectivity index (χ2n) is 5.57. The summed E-state index contributed by atoms with van der Waals surface area (Å²) in [5.41, 5.74) is 2.44. The fraction of sp³-hybridized carbons (Fsp3) is 0.222. The summed E-state index contributed by atoms with van der Waals surface area (Å²) in [6.45, 7) is 3.71. The van der Waals surface area contributed by atoms with Crippen molar-refractivity contribution in [3.05, 3.63) is 47.9 Å². The molecule has 0 saturated heterocycles. The van der Waals surface area contributed by atoms with Crippen molar-refractivity contribution in [2.45, 2.75) is 18.9 Å². The standard InChI is InChI=1S/C18H18N4O3S/c1-11-4-6-15(24-3)14(8-11)21-16(23)10-26-17-7-5-13(9-19-17)18-20-12(2)22-25-18/h4-9H,10H2,1-3H3,(H,21,23). The fourth-order valence-corrected chi connectivity index (χ4v) is 2.89. The van der Waals surface area contributed by atoms with E-state index in [1.54, 1.807) is 20.2 Å². The molecule has 0 aliphatic carbocycles. The van der Waals surface area contributed by atoms with Crippen LogP contribution in [0.3, 0.4) is 0 Å². The van der Waals surface area contributed by atoms with Crippen molar-refractivity contribution in [3.8, 4) is 17.2 Å². The molecule has 134 valence electrons. The lowest BCUT2D eigenvalue weighted by molar-refractivity contribution is -0.113. The second kappa shape index (κ2) is 8.01. The van der Waals surface area contributed by atoms with Crippen LogP contribution in [0.1, 0.15) is 11.4 Å². The summed E-state index contributed by atoms with van der Waals surface area (Å²) >= 11 is 1.34. The average Bonchev–Trinajstić information content (AvgIpc) is 3.07. The van der Waals surface area contributed by atoms with Gasteiger partial charge in [-0.2, -0.15) is 4.98 Å². The third kappa shape index (κ3) is 4.40. The highest BCUT2D eigenvalue weighted by atomic mass is 32.2. The first-order valence-corrected chi connectivity index (χ1v) is 8.88. The van der Waals surface area contributed by atoms with Gasteiger partial charge in [-0.15, -0.1) is 0 Å². The van der Waals surface area contributed by atoms with Gasteiger partial charge in [0, 0.05) is 6.20 Å². The lowest BCUT2D eigenvalue weighted by atomic mass is 10.2. The van der Waals surface area contributed by atoms with Crippen LogP contribution in [-0.2, 0) is 4.79 Å². The van der Waals surface area contributed by atoms with Gasteiger partial charge < -0.3 is 14.6 Å². The van der Waals surface area contributed by atoms with Crippen LogP contribution in [-0.4, -0.2) is 33.9 Å². The summed E-state index contributed by atoms with van der Waals surface area (Å²) in [4.78, 5) is 20.7. The van der Waals surface area contributed by atoms with E-state index in [9.17, 15) is 4.79 Å². The highest BCUT2D eigenvalue weighted by Crippen LogP contribution is 2.26. The van der Waals surface area contributed by atoms with Crippen molar-refractivity contribution in [2.75, 3.05) is 18.2 Å². The molecule has 1 aromatic carbocycles. The molecule has 0 unspecified atom stereocenters. The Bertz CT molecular complexity index is 909. The van der Waals surface area contributed by atoms with Gasteiger partial charge in [-0.05, 0) is 43.7 Å². The molecule has 0 fully saturated rings. The van der Waals surface area contributed by atoms with E-state index in [1.165, 1.54) is 11.8 Å². The number of hydrogen-bond donors (Lipinski definition) is 1. The molecule has 0 aliphatic heterocycles. The Morgan fingerprint density at radius 1 is 1.27 bits per heavy atom. The normalized spacial score (nSPS) is 10.6. The van der Waals surface area contributed by atoms with Crippen LogP contribution in [0, 0.1) is 13.8 Å². The molecular formula is C18H18N4O3S. The van der Waals surface area contributed by atoms with E-state index in [0.717, 1.165) is 16.2 Å². The van der Waals surface area contributed by atoms with Gasteiger partial charge >= 0.3 is 0 Å². The first-order valence-electron chi connectivity index (χ1n) is 7.89. The van der Waals surface area contributed by atoms with Gasteiger partial charge in [-0.25, -0.2) is 4.98 Å². The first kappa shape index (κ1) is 17.9. The van der Waals surface area contributed by atoms with Gasteiger partial charge in [0.05, 0.1) is 29.1 Å². The molecule has 3 rings (SSSR count). The van der Waals surface area contributed by atoms with Crippen molar-refractivity contribution >= 4 is 23.4 Å². The molecule has 0 radical (unpaired) electrons. The van der Waals surface area contributed by atoms with Gasteiger partial charge in [-0.3, -0.25) is 4.79 Å². The molecule has 26 heavy (non-hydrogen) atoms. The maximum absolute atomic E-state index is 12.2. The number of methoxy groups -OCH3 is 1. The molecule has 0 bridgehead atoms. The van der Waals surface area contributed by atoms with Gasteiger partial charge in [0.1, 0.15) is 5.75 Å². The van der Waals surface area contributed by atoms with Crippen molar-refractivity contribution < 1.29 is 14.1 Å². The zero-order valence-corrected chi connectivity index (χ0v) is 15.5. The number of ether oxygens (including phenoxy) is 1. The zero-order chi connectivity index (χ0) is 18.5. The number of hydrogen-bond acceptors (Lipinski definition) is 7. The minimum Gasteiger partial charge on any atom is -0.495 e. The molecule has 1 amide bonds. The highest BCUT2D eigenvalue weighted by Gasteiger charge is 2.10. The van der Waals surface area contributed by atoms with Crippen LogP contribution in [0.25, 0.3) is 11.5 Å². The lowest BCUT2D eigenvalue weighted by Crippen LogP contribution is -2.14. The molecule has 0 atom stereocenters. The first-order chi connectivity index (χ1) is 12.5. The largest absolute Gasteiger partial charge is 0.495 e. The Morgan fingerprint density at radius 3 is 2.77 bits per heavy atom. The molecule has 0 saturated carbocycles. The smallest absolute Gasteiger partial charge is 0.259 e. The second-order valence-corrected chi connectivity index (χ2v) is 6.57. The summed E-state index contributed by atoms with van der Waals surface area (Å²) < 4.78 is 10.4. The number of benzene rings is 1. The molecule has 0 spiro atoms. The Kier molecular flexibility index (Phi) is 5.52. The number of pyridine rings is 1. The average molecular weight is 370 g/mol. The Morgan fingerprint density at radius 2 is 2.12 bits per heavy atom. The monoisotopic (exact) mass is 370 g/mol. The highest BCUT2D eigenvalue weighted by molar-refractivity contribution is 7.99. The van der Waals surface area contributed by atoms with Gasteiger partial charge in [0.15, 0.2) is 5.82 Å². The number of rotatable bonds is 6. The van der Waals surface area contributed by atoms with E-state index in [-0.39, 0.29) is 11.7 Å². The molecule has 8 heteroatoms. The molecule has 3 aromatic rings. The van der Waals surface area contributed by atoms with Crippen molar-refractivity contribution in [1.82, 2.24) is 15.1 Å². The summed E-state index contributed by atoms with van der Waals surface area (Å²) in [6, 6.07) is 9.29. The predicted octanol–water partition coefficient (Wildman–Crippen LogP) is 3.49. The Balaban J connectivity index is 1.59. The maximum atomic E-state index is 12.2. The Hall–Kier alpha value is -2.87. The molecular weight excluding hydrogens is 352 g/mol. The third-order valence-electron chi connectivity index (χ3n) is 3.49. The zero-order valence-electron chi connectivity index (χ0n) is 14.6. The van der Waals surface area contributed by atoms with Gasteiger partial charge in [-0.1, -0.05) is 23.0 Å². The number of thioether (sulfide) groups is 1. The van der Waals surface area contributed by atoms with Crippen molar-refractivity contribution in [1.29, 1.82) is 0 Å².